The molecule has 0 bridgehead atoms. The summed E-state index contributed by atoms with van der Waals surface area (Å²) >= 11 is 0. The summed E-state index contributed by atoms with van der Waals surface area (Å²) in [6, 6.07) is 8.31. The molecule has 0 atom stereocenters. The van der Waals surface area contributed by atoms with Gasteiger partial charge in [0.15, 0.2) is 12.8 Å². The fraction of sp³-hybridized carbons (Fsp3) is 0.350. The quantitative estimate of drug-likeness (QED) is 0.314. The van der Waals surface area contributed by atoms with Crippen LogP contribution in [0, 0.1) is 5.41 Å². The van der Waals surface area contributed by atoms with Crippen molar-refractivity contribution in [2.45, 2.75) is 0 Å². The highest BCUT2D eigenvalue weighted by Crippen LogP contribution is 2.63. The second-order valence-electron chi connectivity index (χ2n) is 6.07. The third kappa shape index (κ3) is 3.56. The first kappa shape index (κ1) is 24.3. The van der Waals surface area contributed by atoms with Gasteiger partial charge in [-0.25, -0.2) is 14.4 Å². The van der Waals surface area contributed by atoms with Gasteiger partial charge in [-0.05, 0) is 0 Å². The van der Waals surface area contributed by atoms with Crippen LogP contribution in [0.25, 0.3) is 0 Å². The summed E-state index contributed by atoms with van der Waals surface area (Å²) in [7, 11) is 3.19. The summed E-state index contributed by atoms with van der Waals surface area (Å²) in [5.74, 6) is -4.18. The number of hydrogen-bond donors (Lipinski definition) is 0. The minimum atomic E-state index is -3.61. The summed E-state index contributed by atoms with van der Waals surface area (Å²) in [6.07, 6.45) is 0. The van der Waals surface area contributed by atoms with Gasteiger partial charge < -0.3 is 28.0 Å². The van der Waals surface area contributed by atoms with Crippen LogP contribution in [-0.4, -0.2) is 71.8 Å². The molecule has 0 spiro atoms. The van der Waals surface area contributed by atoms with Crippen molar-refractivity contribution in [2.24, 2.45) is 5.41 Å². The number of carbonyl (C=O) groups excluding carboxylic acids is 4. The fourth-order valence-corrected chi connectivity index (χ4v) is 6.35. The van der Waals surface area contributed by atoms with E-state index in [1.165, 1.54) is 14.2 Å². The molecular formula is C20H23O10P. The van der Waals surface area contributed by atoms with E-state index < -0.39 is 53.1 Å². The molecule has 0 unspecified atom stereocenters. The third-order valence-corrected chi connectivity index (χ3v) is 7.96. The number of rotatable bonds is 8. The maximum atomic E-state index is 13.1. The number of methoxy groups -OCH3 is 4. The molecule has 1 aliphatic rings. The molecule has 10 nitrogen and oxygen atoms in total. The minimum Gasteiger partial charge on any atom is -0.468 e. The smallest absolute Gasteiger partial charge is 0.340 e. The van der Waals surface area contributed by atoms with E-state index in [9.17, 15) is 19.2 Å². The first-order chi connectivity index (χ1) is 14.8. The van der Waals surface area contributed by atoms with E-state index in [4.69, 9.17) is 28.0 Å². The van der Waals surface area contributed by atoms with Crippen LogP contribution in [0.2, 0.25) is 0 Å². The van der Waals surface area contributed by atoms with Crippen molar-refractivity contribution in [1.29, 1.82) is 0 Å². The third-order valence-electron chi connectivity index (χ3n) is 4.85. The lowest BCUT2D eigenvalue weighted by atomic mass is 9.92. The Bertz CT molecular complexity index is 958. The summed E-state index contributed by atoms with van der Waals surface area (Å²) < 4.78 is 30.8. The van der Waals surface area contributed by atoms with Crippen molar-refractivity contribution in [2.75, 3.05) is 42.7 Å². The van der Waals surface area contributed by atoms with Gasteiger partial charge in [-0.2, -0.15) is 0 Å². The minimum absolute atomic E-state index is 0.393. The molecule has 2 rings (SSSR count). The Morgan fingerprint density at radius 3 is 1.55 bits per heavy atom. The normalized spacial score (nSPS) is 14.4. The van der Waals surface area contributed by atoms with Crippen LogP contribution < -0.4 is 5.30 Å². The number of benzene rings is 1. The Morgan fingerprint density at radius 2 is 1.19 bits per heavy atom. The van der Waals surface area contributed by atoms with E-state index in [-0.39, 0.29) is 0 Å². The fourth-order valence-electron chi connectivity index (χ4n) is 3.50. The Morgan fingerprint density at radius 1 is 0.710 bits per heavy atom. The molecule has 1 aliphatic carbocycles. The topological polar surface area (TPSA) is 124 Å². The molecule has 11 heteroatoms. The summed E-state index contributed by atoms with van der Waals surface area (Å²) in [6.45, 7) is 0. The SMILES string of the molecule is COC(=O)C1=C(C(=O)OC)C1(C(=O)OC)C(C(=O)OC)=P(OC)(OC)c1ccccc1. The lowest BCUT2D eigenvalue weighted by Crippen LogP contribution is -2.42. The molecule has 0 saturated carbocycles. The second kappa shape index (κ2) is 9.47. The summed E-state index contributed by atoms with van der Waals surface area (Å²) in [4.78, 5) is 51.4. The van der Waals surface area contributed by atoms with Crippen LogP contribution in [0.15, 0.2) is 41.5 Å². The standard InChI is InChI=1S/C20H23O10P/c1-25-16(21)13-14(17(22)26-2)20(13,19(24)28-4)15(18(23)27-3)31(29-5,30-6)12-10-8-7-9-11-12/h7-11H,1-6H3. The highest BCUT2D eigenvalue weighted by Gasteiger charge is 2.73. The first-order valence-electron chi connectivity index (χ1n) is 8.81. The number of esters is 4. The molecule has 0 saturated heterocycles. The van der Waals surface area contributed by atoms with Crippen LogP contribution in [0.4, 0.5) is 0 Å². The zero-order chi connectivity index (χ0) is 23.4. The maximum Gasteiger partial charge on any atom is 0.340 e. The van der Waals surface area contributed by atoms with E-state index in [2.05, 4.69) is 0 Å². The lowest BCUT2D eigenvalue weighted by molar-refractivity contribution is -0.148. The molecule has 0 fully saturated rings. The zero-order valence-corrected chi connectivity index (χ0v) is 18.8. The van der Waals surface area contributed by atoms with Crippen molar-refractivity contribution < 1.29 is 47.2 Å². The molecule has 0 amide bonds. The first-order valence-corrected chi connectivity index (χ1v) is 10.4. The average Bonchev–Trinajstić information content (AvgIpc) is 3.51. The van der Waals surface area contributed by atoms with E-state index in [1.807, 2.05) is 0 Å². The van der Waals surface area contributed by atoms with E-state index >= 15 is 0 Å². The predicted molar refractivity (Wildman–Crippen MR) is 110 cm³/mol. The van der Waals surface area contributed by atoms with Crippen molar-refractivity contribution >= 4 is 41.8 Å². The zero-order valence-electron chi connectivity index (χ0n) is 17.9. The number of carbonyl (C=O) groups is 4. The van der Waals surface area contributed by atoms with Gasteiger partial charge in [-0.1, -0.05) is 30.3 Å². The lowest BCUT2D eigenvalue weighted by Gasteiger charge is -2.30. The monoisotopic (exact) mass is 454 g/mol. The van der Waals surface area contributed by atoms with Crippen LogP contribution >= 0.6 is 7.34 Å². The van der Waals surface area contributed by atoms with Gasteiger partial charge in [0.1, 0.15) is 5.29 Å². The van der Waals surface area contributed by atoms with Gasteiger partial charge in [0.2, 0.25) is 0 Å². The molecule has 0 aromatic heterocycles. The van der Waals surface area contributed by atoms with Crippen LogP contribution in [0.5, 0.6) is 0 Å². The van der Waals surface area contributed by atoms with Crippen molar-refractivity contribution in [1.82, 2.24) is 0 Å². The molecule has 0 aliphatic heterocycles. The van der Waals surface area contributed by atoms with Crippen LogP contribution in [0.1, 0.15) is 0 Å². The van der Waals surface area contributed by atoms with Crippen molar-refractivity contribution in [3.8, 4) is 0 Å². The van der Waals surface area contributed by atoms with E-state index in [0.717, 1.165) is 28.4 Å². The Balaban J connectivity index is 3.10. The van der Waals surface area contributed by atoms with E-state index in [1.54, 1.807) is 30.3 Å². The maximum absolute atomic E-state index is 13.1. The van der Waals surface area contributed by atoms with Gasteiger partial charge in [-0.3, -0.25) is 4.79 Å². The Labute approximate surface area is 179 Å². The Kier molecular flexibility index (Phi) is 7.43. The predicted octanol–water partition coefficient (Wildman–Crippen LogP) is 0.613. The Hall–Kier alpha value is -2.94. The van der Waals surface area contributed by atoms with Crippen LogP contribution in [0.3, 0.4) is 0 Å². The number of ether oxygens (including phenoxy) is 4. The average molecular weight is 454 g/mol. The highest BCUT2D eigenvalue weighted by molar-refractivity contribution is 7.76. The van der Waals surface area contributed by atoms with Crippen LogP contribution in [-0.2, 0) is 47.2 Å². The molecular weight excluding hydrogens is 431 g/mol. The summed E-state index contributed by atoms with van der Waals surface area (Å²) in [5, 5.41) is -0.0182. The molecule has 31 heavy (non-hydrogen) atoms. The molecule has 0 radical (unpaired) electrons. The molecule has 168 valence electrons. The highest BCUT2D eigenvalue weighted by atomic mass is 31.2. The van der Waals surface area contributed by atoms with Gasteiger partial charge in [0.25, 0.3) is 0 Å². The number of hydrogen-bond acceptors (Lipinski definition) is 10. The molecule has 0 heterocycles. The van der Waals surface area contributed by atoms with Gasteiger partial charge >= 0.3 is 23.9 Å². The van der Waals surface area contributed by atoms with Crippen molar-refractivity contribution in [3.63, 3.8) is 0 Å². The summed E-state index contributed by atoms with van der Waals surface area (Å²) in [5.41, 5.74) is -3.09. The van der Waals surface area contributed by atoms with Gasteiger partial charge in [0.05, 0.1) is 39.6 Å². The largest absolute Gasteiger partial charge is 0.468 e. The van der Waals surface area contributed by atoms with Gasteiger partial charge in [0, 0.05) is 19.5 Å². The van der Waals surface area contributed by atoms with E-state index in [0.29, 0.717) is 5.30 Å². The molecule has 0 N–H and O–H groups in total. The molecule has 1 aromatic rings. The van der Waals surface area contributed by atoms with Gasteiger partial charge in [-0.15, -0.1) is 0 Å². The second-order valence-corrected chi connectivity index (χ2v) is 8.86. The molecule has 1 aromatic carbocycles. The van der Waals surface area contributed by atoms with Crippen molar-refractivity contribution in [3.05, 3.63) is 41.5 Å².